The standard InChI is InChI=1S/C18H21N3O3S2/c1-13-17(25-12-19-13)18(22)21-10-4-5-14-11-15(6-7-16(14)21)26(23,24)20-8-2-3-9-20/h6-7,11-12H,2-5,8-10H2,1H3. The summed E-state index contributed by atoms with van der Waals surface area (Å²) in [6.45, 7) is 3.66. The van der Waals surface area contributed by atoms with E-state index in [1.807, 2.05) is 6.92 Å². The van der Waals surface area contributed by atoms with Crippen molar-refractivity contribution >= 4 is 33.0 Å². The number of nitrogens with zero attached hydrogens (tertiary/aromatic N) is 3. The maximum Gasteiger partial charge on any atom is 0.270 e. The Morgan fingerprint density at radius 3 is 2.62 bits per heavy atom. The van der Waals surface area contributed by atoms with Crippen molar-refractivity contribution in [3.8, 4) is 0 Å². The van der Waals surface area contributed by atoms with Gasteiger partial charge in [0.15, 0.2) is 0 Å². The lowest BCUT2D eigenvalue weighted by atomic mass is 10.0. The molecule has 1 fully saturated rings. The number of hydrogen-bond acceptors (Lipinski definition) is 5. The zero-order chi connectivity index (χ0) is 18.3. The molecule has 4 rings (SSSR count). The molecule has 0 aliphatic carbocycles. The van der Waals surface area contributed by atoms with Crippen LogP contribution < -0.4 is 4.90 Å². The minimum atomic E-state index is -3.44. The number of amides is 1. The SMILES string of the molecule is Cc1ncsc1C(=O)N1CCCc2cc(S(=O)(=O)N3CCCC3)ccc21. The van der Waals surface area contributed by atoms with Crippen molar-refractivity contribution in [3.63, 3.8) is 0 Å². The Kier molecular flexibility index (Phi) is 4.58. The molecule has 0 radical (unpaired) electrons. The smallest absolute Gasteiger partial charge is 0.270 e. The van der Waals surface area contributed by atoms with E-state index in [9.17, 15) is 13.2 Å². The highest BCUT2D eigenvalue weighted by molar-refractivity contribution is 7.89. The first-order valence-electron chi connectivity index (χ1n) is 8.83. The van der Waals surface area contributed by atoms with Gasteiger partial charge in [-0.15, -0.1) is 11.3 Å². The van der Waals surface area contributed by atoms with Crippen molar-refractivity contribution in [2.75, 3.05) is 24.5 Å². The van der Waals surface area contributed by atoms with Crippen LogP contribution in [0.5, 0.6) is 0 Å². The van der Waals surface area contributed by atoms with Gasteiger partial charge in [-0.05, 0) is 56.4 Å². The van der Waals surface area contributed by atoms with E-state index in [0.29, 0.717) is 29.4 Å². The average Bonchev–Trinajstić information content (AvgIpc) is 3.32. The van der Waals surface area contributed by atoms with E-state index < -0.39 is 10.0 Å². The first kappa shape index (κ1) is 17.6. The fraction of sp³-hybridized carbons (Fsp3) is 0.444. The fourth-order valence-corrected chi connectivity index (χ4v) is 5.97. The quantitative estimate of drug-likeness (QED) is 0.807. The summed E-state index contributed by atoms with van der Waals surface area (Å²) in [5.41, 5.74) is 4.15. The number of carbonyl (C=O) groups is 1. The Bertz CT molecular complexity index is 946. The van der Waals surface area contributed by atoms with E-state index in [2.05, 4.69) is 4.98 Å². The highest BCUT2D eigenvalue weighted by Gasteiger charge is 2.30. The molecule has 2 aliphatic rings. The van der Waals surface area contributed by atoms with E-state index in [1.165, 1.54) is 11.3 Å². The van der Waals surface area contributed by atoms with Crippen LogP contribution in [0.4, 0.5) is 5.69 Å². The van der Waals surface area contributed by atoms with Crippen LogP contribution in [0.3, 0.4) is 0 Å². The van der Waals surface area contributed by atoms with E-state index in [-0.39, 0.29) is 5.91 Å². The van der Waals surface area contributed by atoms with Gasteiger partial charge in [0, 0.05) is 25.3 Å². The molecule has 0 atom stereocenters. The topological polar surface area (TPSA) is 70.6 Å². The predicted octanol–water partition coefficient (Wildman–Crippen LogP) is 2.83. The van der Waals surface area contributed by atoms with Crippen LogP contribution in [0, 0.1) is 6.92 Å². The van der Waals surface area contributed by atoms with Crippen LogP contribution in [0.2, 0.25) is 0 Å². The van der Waals surface area contributed by atoms with E-state index in [1.54, 1.807) is 32.9 Å². The molecule has 0 spiro atoms. The Hall–Kier alpha value is -1.77. The maximum absolute atomic E-state index is 12.9. The molecule has 3 heterocycles. The zero-order valence-corrected chi connectivity index (χ0v) is 16.3. The minimum Gasteiger partial charge on any atom is -0.307 e. The second-order valence-electron chi connectivity index (χ2n) is 6.73. The molecule has 8 heteroatoms. The first-order chi connectivity index (χ1) is 12.5. The predicted molar refractivity (Wildman–Crippen MR) is 101 cm³/mol. The first-order valence-corrected chi connectivity index (χ1v) is 11.2. The Labute approximate surface area is 157 Å². The average molecular weight is 392 g/mol. The van der Waals surface area contributed by atoms with Gasteiger partial charge in [0.25, 0.3) is 5.91 Å². The van der Waals surface area contributed by atoms with Crippen LogP contribution in [-0.2, 0) is 16.4 Å². The van der Waals surface area contributed by atoms with Gasteiger partial charge in [-0.2, -0.15) is 4.31 Å². The molecule has 1 aromatic heterocycles. The number of aromatic nitrogens is 1. The highest BCUT2D eigenvalue weighted by Crippen LogP contribution is 2.32. The number of fused-ring (bicyclic) bond motifs is 1. The number of anilines is 1. The zero-order valence-electron chi connectivity index (χ0n) is 14.6. The summed E-state index contributed by atoms with van der Waals surface area (Å²) < 4.78 is 27.2. The molecule has 2 aliphatic heterocycles. The minimum absolute atomic E-state index is 0.0545. The van der Waals surface area contributed by atoms with Crippen molar-refractivity contribution in [1.29, 1.82) is 0 Å². The van der Waals surface area contributed by atoms with E-state index in [4.69, 9.17) is 0 Å². The molecular weight excluding hydrogens is 370 g/mol. The molecule has 0 saturated carbocycles. The fourth-order valence-electron chi connectivity index (χ4n) is 3.65. The second kappa shape index (κ2) is 6.75. The summed E-state index contributed by atoms with van der Waals surface area (Å²) >= 11 is 1.35. The van der Waals surface area contributed by atoms with Gasteiger partial charge < -0.3 is 4.90 Å². The number of benzene rings is 1. The van der Waals surface area contributed by atoms with Crippen LogP contribution in [0.15, 0.2) is 28.6 Å². The van der Waals surface area contributed by atoms with Crippen molar-refractivity contribution in [2.45, 2.75) is 37.5 Å². The third kappa shape index (κ3) is 2.95. The van der Waals surface area contributed by atoms with Crippen LogP contribution >= 0.6 is 11.3 Å². The molecule has 138 valence electrons. The number of rotatable bonds is 3. The van der Waals surface area contributed by atoms with Crippen molar-refractivity contribution in [1.82, 2.24) is 9.29 Å². The van der Waals surface area contributed by atoms with Gasteiger partial charge in [0.2, 0.25) is 10.0 Å². The molecule has 1 saturated heterocycles. The van der Waals surface area contributed by atoms with Gasteiger partial charge in [-0.25, -0.2) is 13.4 Å². The molecule has 0 unspecified atom stereocenters. The van der Waals surface area contributed by atoms with Crippen molar-refractivity contribution < 1.29 is 13.2 Å². The number of thiazole rings is 1. The lowest BCUT2D eigenvalue weighted by Gasteiger charge is -2.30. The summed E-state index contributed by atoms with van der Waals surface area (Å²) in [6, 6.07) is 5.17. The third-order valence-electron chi connectivity index (χ3n) is 5.06. The van der Waals surface area contributed by atoms with Crippen LogP contribution in [0.1, 0.15) is 40.2 Å². The monoisotopic (exact) mass is 391 g/mol. The molecule has 1 amide bonds. The summed E-state index contributed by atoms with van der Waals surface area (Å²) in [4.78, 5) is 19.8. The normalized spacial score (nSPS) is 18.1. The molecule has 0 bridgehead atoms. The van der Waals surface area contributed by atoms with Gasteiger partial charge >= 0.3 is 0 Å². The van der Waals surface area contributed by atoms with E-state index >= 15 is 0 Å². The number of carbonyl (C=O) groups excluding carboxylic acids is 1. The molecular formula is C18H21N3O3S2. The lowest BCUT2D eigenvalue weighted by molar-refractivity contribution is 0.0988. The van der Waals surface area contributed by atoms with E-state index in [0.717, 1.165) is 42.6 Å². The number of aryl methyl sites for hydroxylation is 2. The second-order valence-corrected chi connectivity index (χ2v) is 9.52. The van der Waals surface area contributed by atoms with Crippen LogP contribution in [-0.4, -0.2) is 43.2 Å². The molecule has 0 N–H and O–H groups in total. The summed E-state index contributed by atoms with van der Waals surface area (Å²) in [5, 5.41) is 0. The van der Waals surface area contributed by atoms with Crippen molar-refractivity contribution in [2.24, 2.45) is 0 Å². The van der Waals surface area contributed by atoms with Gasteiger partial charge in [0.05, 0.1) is 16.1 Å². The van der Waals surface area contributed by atoms with Crippen molar-refractivity contribution in [3.05, 3.63) is 39.8 Å². The van der Waals surface area contributed by atoms with Gasteiger partial charge in [-0.3, -0.25) is 4.79 Å². The van der Waals surface area contributed by atoms with Gasteiger partial charge in [-0.1, -0.05) is 0 Å². The summed E-state index contributed by atoms with van der Waals surface area (Å²) in [6.07, 6.45) is 3.44. The molecule has 1 aromatic carbocycles. The number of hydrogen-bond donors (Lipinski definition) is 0. The molecule has 6 nitrogen and oxygen atoms in total. The Morgan fingerprint density at radius 1 is 1.15 bits per heavy atom. The largest absolute Gasteiger partial charge is 0.307 e. The highest BCUT2D eigenvalue weighted by atomic mass is 32.2. The summed E-state index contributed by atoms with van der Waals surface area (Å²) in [7, 11) is -3.44. The van der Waals surface area contributed by atoms with Gasteiger partial charge in [0.1, 0.15) is 4.88 Å². The summed E-state index contributed by atoms with van der Waals surface area (Å²) in [5.74, 6) is -0.0545. The lowest BCUT2D eigenvalue weighted by Crippen LogP contribution is -2.35. The molecule has 26 heavy (non-hydrogen) atoms. The maximum atomic E-state index is 12.9. The van der Waals surface area contributed by atoms with Crippen LogP contribution in [0.25, 0.3) is 0 Å². The third-order valence-corrected chi connectivity index (χ3v) is 7.87. The Balaban J connectivity index is 1.68. The molecule has 2 aromatic rings. The Morgan fingerprint density at radius 2 is 1.92 bits per heavy atom. The number of sulfonamides is 1.